The van der Waals surface area contributed by atoms with Crippen molar-refractivity contribution in [3.05, 3.63) is 24.5 Å². The van der Waals surface area contributed by atoms with Crippen LogP contribution in [0, 0.1) is 0 Å². The molecule has 0 aliphatic heterocycles. The summed E-state index contributed by atoms with van der Waals surface area (Å²) in [6, 6.07) is 4.14. The Morgan fingerprint density at radius 3 is 2.87 bits per heavy atom. The summed E-state index contributed by atoms with van der Waals surface area (Å²) in [7, 11) is 0. The molecule has 0 bridgehead atoms. The molecule has 0 spiro atoms. The highest BCUT2D eigenvalue weighted by Crippen LogP contribution is 2.34. The van der Waals surface area contributed by atoms with E-state index in [9.17, 15) is 4.79 Å². The Labute approximate surface area is 140 Å². The maximum atomic E-state index is 12.7. The van der Waals surface area contributed by atoms with Crippen LogP contribution in [0.3, 0.4) is 0 Å². The highest BCUT2D eigenvalue weighted by molar-refractivity contribution is 7.18. The van der Waals surface area contributed by atoms with Gasteiger partial charge >= 0.3 is 0 Å². The van der Waals surface area contributed by atoms with Crippen molar-refractivity contribution in [1.82, 2.24) is 15.2 Å². The van der Waals surface area contributed by atoms with Crippen molar-refractivity contribution in [2.75, 3.05) is 4.90 Å². The van der Waals surface area contributed by atoms with Gasteiger partial charge in [0.1, 0.15) is 0 Å². The Morgan fingerprint density at radius 2 is 2.17 bits per heavy atom. The molecule has 122 valence electrons. The number of hydrogen-bond donors (Lipinski definition) is 0. The average Bonchev–Trinajstić information content (AvgIpc) is 3.26. The number of nitrogens with zero attached hydrogens (tertiary/aromatic N) is 4. The molecule has 5 nitrogen and oxygen atoms in total. The molecule has 2 aromatic rings. The van der Waals surface area contributed by atoms with E-state index in [4.69, 9.17) is 0 Å². The van der Waals surface area contributed by atoms with Crippen molar-refractivity contribution >= 4 is 22.4 Å². The van der Waals surface area contributed by atoms with Crippen LogP contribution in [0.4, 0.5) is 5.13 Å². The molecule has 1 saturated carbocycles. The van der Waals surface area contributed by atoms with Crippen LogP contribution in [0.5, 0.6) is 0 Å². The molecule has 1 fully saturated rings. The first-order valence-electron chi connectivity index (χ1n) is 8.35. The first-order chi connectivity index (χ1) is 11.3. The van der Waals surface area contributed by atoms with E-state index in [2.05, 4.69) is 22.1 Å². The lowest BCUT2D eigenvalue weighted by Gasteiger charge is -2.26. The maximum absolute atomic E-state index is 12.7. The minimum absolute atomic E-state index is 0.188. The molecule has 2 heterocycles. The van der Waals surface area contributed by atoms with Gasteiger partial charge < -0.3 is 0 Å². The van der Waals surface area contributed by atoms with Crippen molar-refractivity contribution in [2.24, 2.45) is 0 Å². The molecule has 1 aliphatic rings. The lowest BCUT2D eigenvalue weighted by Crippen LogP contribution is -2.38. The summed E-state index contributed by atoms with van der Waals surface area (Å²) >= 11 is 1.49. The van der Waals surface area contributed by atoms with Crippen LogP contribution < -0.4 is 4.90 Å². The molecule has 0 saturated heterocycles. The topological polar surface area (TPSA) is 59.0 Å². The highest BCUT2D eigenvalue weighted by Gasteiger charge is 2.30. The monoisotopic (exact) mass is 330 g/mol. The zero-order valence-corrected chi connectivity index (χ0v) is 14.3. The molecule has 2 aromatic heterocycles. The summed E-state index contributed by atoms with van der Waals surface area (Å²) in [6.07, 6.45) is 10.6. The molecule has 23 heavy (non-hydrogen) atoms. The number of pyridine rings is 1. The smallest absolute Gasteiger partial charge is 0.229 e. The molecular formula is C17H22N4OS. The van der Waals surface area contributed by atoms with Gasteiger partial charge in [-0.05, 0) is 31.4 Å². The maximum Gasteiger partial charge on any atom is 0.229 e. The van der Waals surface area contributed by atoms with Gasteiger partial charge in [-0.3, -0.25) is 14.7 Å². The Kier molecular flexibility index (Phi) is 5.33. The summed E-state index contributed by atoms with van der Waals surface area (Å²) in [5, 5.41) is 10.1. The second kappa shape index (κ2) is 7.64. The van der Waals surface area contributed by atoms with Gasteiger partial charge in [0, 0.05) is 30.4 Å². The number of unbranched alkanes of at least 4 members (excludes halogenated alkanes) is 1. The largest absolute Gasteiger partial charge is 0.284 e. The zero-order valence-electron chi connectivity index (χ0n) is 13.4. The molecule has 0 aromatic carbocycles. The Morgan fingerprint density at radius 1 is 1.35 bits per heavy atom. The predicted octanol–water partition coefficient (Wildman–Crippen LogP) is 4.07. The molecule has 0 atom stereocenters. The fraction of sp³-hybridized carbons (Fsp3) is 0.529. The van der Waals surface area contributed by atoms with Gasteiger partial charge in [-0.2, -0.15) is 0 Å². The fourth-order valence-electron chi connectivity index (χ4n) is 3.00. The summed E-state index contributed by atoms with van der Waals surface area (Å²) in [5.41, 5.74) is 0.948. The summed E-state index contributed by atoms with van der Waals surface area (Å²) in [4.78, 5) is 18.7. The molecule has 0 N–H and O–H groups in total. The fourth-order valence-corrected chi connectivity index (χ4v) is 3.92. The van der Waals surface area contributed by atoms with Crippen LogP contribution in [0.15, 0.2) is 24.5 Å². The third-order valence-corrected chi connectivity index (χ3v) is 5.20. The van der Waals surface area contributed by atoms with Crippen molar-refractivity contribution in [2.45, 2.75) is 57.9 Å². The van der Waals surface area contributed by atoms with E-state index >= 15 is 0 Å². The van der Waals surface area contributed by atoms with E-state index < -0.39 is 0 Å². The highest BCUT2D eigenvalue weighted by atomic mass is 32.1. The van der Waals surface area contributed by atoms with E-state index in [1.165, 1.54) is 24.2 Å². The van der Waals surface area contributed by atoms with Crippen LogP contribution in [-0.4, -0.2) is 27.1 Å². The Balaban J connectivity index is 1.84. The average molecular weight is 330 g/mol. The molecule has 1 aliphatic carbocycles. The Hall–Kier alpha value is -1.82. The standard InChI is InChI=1S/C17H22N4OS/c1-2-3-10-15(22)21(14-8-4-5-9-14)17-20-19-16(23-17)13-7-6-11-18-12-13/h6-7,11-12,14H,2-5,8-10H2,1H3. The number of amides is 1. The van der Waals surface area contributed by atoms with Gasteiger partial charge in [-0.1, -0.05) is 37.5 Å². The van der Waals surface area contributed by atoms with Crippen LogP contribution >= 0.6 is 11.3 Å². The van der Waals surface area contributed by atoms with Crippen molar-refractivity contribution in [1.29, 1.82) is 0 Å². The van der Waals surface area contributed by atoms with Crippen LogP contribution in [0.2, 0.25) is 0 Å². The predicted molar refractivity (Wildman–Crippen MR) is 92.4 cm³/mol. The van der Waals surface area contributed by atoms with Gasteiger partial charge in [-0.15, -0.1) is 10.2 Å². The first kappa shape index (κ1) is 16.1. The second-order valence-corrected chi connectivity index (χ2v) is 6.89. The SMILES string of the molecule is CCCCC(=O)N(c1nnc(-c2cccnc2)s1)C1CCCC1. The molecule has 6 heteroatoms. The third-order valence-electron chi connectivity index (χ3n) is 4.23. The molecule has 1 amide bonds. The summed E-state index contributed by atoms with van der Waals surface area (Å²) in [6.45, 7) is 2.11. The van der Waals surface area contributed by atoms with Crippen LogP contribution in [0.1, 0.15) is 51.9 Å². The van der Waals surface area contributed by atoms with Gasteiger partial charge in [-0.25, -0.2) is 0 Å². The van der Waals surface area contributed by atoms with E-state index in [-0.39, 0.29) is 11.9 Å². The van der Waals surface area contributed by atoms with Crippen LogP contribution in [0.25, 0.3) is 10.6 Å². The number of anilines is 1. The van der Waals surface area contributed by atoms with Gasteiger partial charge in [0.15, 0.2) is 5.01 Å². The normalized spacial score (nSPS) is 15.0. The quantitative estimate of drug-likeness (QED) is 0.801. The minimum atomic E-state index is 0.188. The Bertz CT molecular complexity index is 637. The van der Waals surface area contributed by atoms with Gasteiger partial charge in [0.2, 0.25) is 11.0 Å². The van der Waals surface area contributed by atoms with E-state index in [1.54, 1.807) is 12.4 Å². The minimum Gasteiger partial charge on any atom is -0.284 e. The van der Waals surface area contributed by atoms with Crippen LogP contribution in [-0.2, 0) is 4.79 Å². The number of hydrogen-bond acceptors (Lipinski definition) is 5. The second-order valence-electron chi connectivity index (χ2n) is 5.94. The lowest BCUT2D eigenvalue weighted by molar-refractivity contribution is -0.119. The van der Waals surface area contributed by atoms with Crippen molar-refractivity contribution in [3.8, 4) is 10.6 Å². The number of aromatic nitrogens is 3. The number of carbonyl (C=O) groups is 1. The molecular weight excluding hydrogens is 308 g/mol. The van der Waals surface area contributed by atoms with E-state index in [1.807, 2.05) is 17.0 Å². The van der Waals surface area contributed by atoms with Gasteiger partial charge in [0.25, 0.3) is 0 Å². The van der Waals surface area contributed by atoms with E-state index in [0.29, 0.717) is 6.42 Å². The zero-order chi connectivity index (χ0) is 16.1. The van der Waals surface area contributed by atoms with E-state index in [0.717, 1.165) is 41.4 Å². The number of rotatable bonds is 6. The third kappa shape index (κ3) is 3.75. The summed E-state index contributed by atoms with van der Waals surface area (Å²) < 4.78 is 0. The molecule has 0 unspecified atom stereocenters. The van der Waals surface area contributed by atoms with Crippen molar-refractivity contribution < 1.29 is 4.79 Å². The summed E-state index contributed by atoms with van der Waals surface area (Å²) in [5.74, 6) is 0.188. The first-order valence-corrected chi connectivity index (χ1v) is 9.17. The molecule has 3 rings (SSSR count). The van der Waals surface area contributed by atoms with Gasteiger partial charge in [0.05, 0.1) is 0 Å². The van der Waals surface area contributed by atoms with Crippen molar-refractivity contribution in [3.63, 3.8) is 0 Å². The number of carbonyl (C=O) groups excluding carboxylic acids is 1. The lowest BCUT2D eigenvalue weighted by atomic mass is 10.2. The molecule has 0 radical (unpaired) electrons.